The second kappa shape index (κ2) is 4.97. The van der Waals surface area contributed by atoms with Gasteiger partial charge in [-0.15, -0.1) is 11.3 Å². The fourth-order valence-electron chi connectivity index (χ4n) is 1.41. The molecule has 1 aromatic carbocycles. The number of methoxy groups -OCH3 is 1. The fraction of sp³-hybridized carbons (Fsp3) is 0.167. The van der Waals surface area contributed by atoms with Crippen molar-refractivity contribution < 1.29 is 9.53 Å². The molecule has 2 rings (SSSR count). The molecule has 0 aliphatic heterocycles. The molecular weight excluding hydrogens is 236 g/mol. The zero-order valence-electron chi connectivity index (χ0n) is 9.58. The van der Waals surface area contributed by atoms with E-state index in [1.165, 1.54) is 11.3 Å². The maximum atomic E-state index is 12.0. The highest BCUT2D eigenvalue weighted by Crippen LogP contribution is 2.19. The normalized spacial score (nSPS) is 10.0. The summed E-state index contributed by atoms with van der Waals surface area (Å²) in [5, 5.41) is 1.74. The van der Waals surface area contributed by atoms with E-state index < -0.39 is 0 Å². The van der Waals surface area contributed by atoms with E-state index in [-0.39, 0.29) is 5.91 Å². The Labute approximate surface area is 103 Å². The quantitative estimate of drug-likeness (QED) is 0.837. The highest BCUT2D eigenvalue weighted by Gasteiger charge is 2.14. The number of hydrogen-bond acceptors (Lipinski definition) is 4. The van der Waals surface area contributed by atoms with Crippen molar-refractivity contribution in [3.05, 3.63) is 40.8 Å². The second-order valence-corrected chi connectivity index (χ2v) is 4.15. The van der Waals surface area contributed by atoms with Crippen molar-refractivity contribution in [2.45, 2.75) is 0 Å². The summed E-state index contributed by atoms with van der Waals surface area (Å²) in [6.07, 6.45) is 0. The molecule has 0 aliphatic carbocycles. The fourth-order valence-corrected chi connectivity index (χ4v) is 1.94. The SMILES string of the molecule is COc1ccc(N(C)C(=O)c2cscn2)cc1. The van der Waals surface area contributed by atoms with Crippen molar-refractivity contribution in [3.63, 3.8) is 0 Å². The molecule has 0 spiro atoms. The minimum absolute atomic E-state index is 0.114. The highest BCUT2D eigenvalue weighted by molar-refractivity contribution is 7.07. The Morgan fingerprint density at radius 3 is 2.59 bits per heavy atom. The van der Waals surface area contributed by atoms with Crippen LogP contribution >= 0.6 is 11.3 Å². The molecule has 0 radical (unpaired) electrons. The molecule has 0 atom stereocenters. The minimum Gasteiger partial charge on any atom is -0.497 e. The standard InChI is InChI=1S/C12H12N2O2S/c1-14(12(15)11-7-17-8-13-11)9-3-5-10(16-2)6-4-9/h3-8H,1-2H3. The van der Waals surface area contributed by atoms with E-state index in [1.54, 1.807) is 29.9 Å². The first kappa shape index (κ1) is 11.6. The lowest BCUT2D eigenvalue weighted by Crippen LogP contribution is -2.26. The predicted octanol–water partition coefficient (Wildman–Crippen LogP) is 2.43. The molecule has 0 unspecified atom stereocenters. The van der Waals surface area contributed by atoms with Gasteiger partial charge in [-0.3, -0.25) is 4.79 Å². The number of rotatable bonds is 3. The van der Waals surface area contributed by atoms with E-state index in [9.17, 15) is 4.79 Å². The summed E-state index contributed by atoms with van der Waals surface area (Å²) >= 11 is 1.41. The van der Waals surface area contributed by atoms with Crippen LogP contribution in [0.2, 0.25) is 0 Å². The van der Waals surface area contributed by atoms with Crippen molar-refractivity contribution in [3.8, 4) is 5.75 Å². The Balaban J connectivity index is 2.19. The number of hydrogen-bond donors (Lipinski definition) is 0. The first-order valence-corrected chi connectivity index (χ1v) is 5.97. The van der Waals surface area contributed by atoms with Crippen molar-refractivity contribution in [2.24, 2.45) is 0 Å². The lowest BCUT2D eigenvalue weighted by Gasteiger charge is -2.16. The van der Waals surface area contributed by atoms with Gasteiger partial charge < -0.3 is 9.64 Å². The average Bonchev–Trinajstić information content (AvgIpc) is 2.91. The van der Waals surface area contributed by atoms with Gasteiger partial charge in [-0.2, -0.15) is 0 Å². The third-order valence-corrected chi connectivity index (χ3v) is 3.00. The van der Waals surface area contributed by atoms with Gasteiger partial charge in [0.15, 0.2) is 0 Å². The van der Waals surface area contributed by atoms with Gasteiger partial charge in [0.2, 0.25) is 0 Å². The van der Waals surface area contributed by atoms with Gasteiger partial charge in [0.1, 0.15) is 11.4 Å². The van der Waals surface area contributed by atoms with Crippen molar-refractivity contribution in [1.82, 2.24) is 4.98 Å². The molecule has 1 amide bonds. The van der Waals surface area contributed by atoms with Crippen LogP contribution in [0.25, 0.3) is 0 Å². The second-order valence-electron chi connectivity index (χ2n) is 3.44. The zero-order chi connectivity index (χ0) is 12.3. The van der Waals surface area contributed by atoms with E-state index in [4.69, 9.17) is 4.74 Å². The Morgan fingerprint density at radius 1 is 1.35 bits per heavy atom. The number of nitrogens with zero attached hydrogens (tertiary/aromatic N) is 2. The summed E-state index contributed by atoms with van der Waals surface area (Å²) in [7, 11) is 3.34. The predicted molar refractivity (Wildman–Crippen MR) is 67.8 cm³/mol. The molecule has 0 N–H and O–H groups in total. The van der Waals surface area contributed by atoms with Crippen LogP contribution in [0, 0.1) is 0 Å². The third-order valence-electron chi connectivity index (χ3n) is 2.42. The molecule has 0 aliphatic rings. The molecule has 0 saturated carbocycles. The molecule has 1 aromatic heterocycles. The van der Waals surface area contributed by atoms with Gasteiger partial charge >= 0.3 is 0 Å². The molecule has 0 bridgehead atoms. The Hall–Kier alpha value is -1.88. The van der Waals surface area contributed by atoms with Crippen molar-refractivity contribution in [1.29, 1.82) is 0 Å². The van der Waals surface area contributed by atoms with Crippen LogP contribution in [0.3, 0.4) is 0 Å². The van der Waals surface area contributed by atoms with E-state index in [0.29, 0.717) is 5.69 Å². The van der Waals surface area contributed by atoms with Gasteiger partial charge in [0.05, 0.1) is 12.6 Å². The largest absolute Gasteiger partial charge is 0.497 e. The Morgan fingerprint density at radius 2 is 2.06 bits per heavy atom. The van der Waals surface area contributed by atoms with Gasteiger partial charge in [0, 0.05) is 18.1 Å². The van der Waals surface area contributed by atoms with Crippen LogP contribution < -0.4 is 9.64 Å². The minimum atomic E-state index is -0.114. The summed E-state index contributed by atoms with van der Waals surface area (Å²) in [6, 6.07) is 7.31. The first-order chi connectivity index (χ1) is 8.22. The molecule has 17 heavy (non-hydrogen) atoms. The van der Waals surface area contributed by atoms with E-state index in [1.807, 2.05) is 24.3 Å². The van der Waals surface area contributed by atoms with E-state index in [0.717, 1.165) is 11.4 Å². The lowest BCUT2D eigenvalue weighted by atomic mass is 10.2. The third kappa shape index (κ3) is 2.45. The van der Waals surface area contributed by atoms with Crippen LogP contribution in [0.5, 0.6) is 5.75 Å². The van der Waals surface area contributed by atoms with Crippen LogP contribution in [-0.4, -0.2) is 25.0 Å². The molecule has 2 aromatic rings. The molecule has 4 nitrogen and oxygen atoms in total. The molecule has 5 heteroatoms. The van der Waals surface area contributed by atoms with Crippen LogP contribution in [-0.2, 0) is 0 Å². The van der Waals surface area contributed by atoms with E-state index >= 15 is 0 Å². The number of carbonyl (C=O) groups excluding carboxylic acids is 1. The van der Waals surface area contributed by atoms with Crippen LogP contribution in [0.4, 0.5) is 5.69 Å². The number of benzene rings is 1. The molecular formula is C12H12N2O2S. The molecule has 1 heterocycles. The number of amides is 1. The van der Waals surface area contributed by atoms with Gasteiger partial charge in [-0.05, 0) is 24.3 Å². The maximum absolute atomic E-state index is 12.0. The van der Waals surface area contributed by atoms with Gasteiger partial charge in [0.25, 0.3) is 5.91 Å². The molecule has 0 saturated heterocycles. The summed E-state index contributed by atoms with van der Waals surface area (Å²) in [5.41, 5.74) is 2.92. The topological polar surface area (TPSA) is 42.4 Å². The van der Waals surface area contributed by atoms with Crippen molar-refractivity contribution in [2.75, 3.05) is 19.1 Å². The van der Waals surface area contributed by atoms with Crippen LogP contribution in [0.1, 0.15) is 10.5 Å². The number of aromatic nitrogens is 1. The highest BCUT2D eigenvalue weighted by atomic mass is 32.1. The van der Waals surface area contributed by atoms with Crippen molar-refractivity contribution >= 4 is 22.9 Å². The number of carbonyl (C=O) groups is 1. The zero-order valence-corrected chi connectivity index (χ0v) is 10.4. The lowest BCUT2D eigenvalue weighted by molar-refractivity contribution is 0.0989. The number of ether oxygens (including phenoxy) is 1. The molecule has 0 fully saturated rings. The Bertz CT molecular complexity index is 494. The molecule has 88 valence electrons. The Kier molecular flexibility index (Phi) is 3.39. The monoisotopic (exact) mass is 248 g/mol. The maximum Gasteiger partial charge on any atom is 0.277 e. The summed E-state index contributed by atoms with van der Waals surface area (Å²) in [6.45, 7) is 0. The van der Waals surface area contributed by atoms with E-state index in [2.05, 4.69) is 4.98 Å². The number of anilines is 1. The first-order valence-electron chi connectivity index (χ1n) is 5.02. The summed E-state index contributed by atoms with van der Waals surface area (Å²) in [5.74, 6) is 0.652. The summed E-state index contributed by atoms with van der Waals surface area (Å²) in [4.78, 5) is 17.6. The number of thiazole rings is 1. The summed E-state index contributed by atoms with van der Waals surface area (Å²) < 4.78 is 5.07. The smallest absolute Gasteiger partial charge is 0.277 e. The van der Waals surface area contributed by atoms with Crippen LogP contribution in [0.15, 0.2) is 35.2 Å². The van der Waals surface area contributed by atoms with Gasteiger partial charge in [-0.1, -0.05) is 0 Å². The van der Waals surface area contributed by atoms with Gasteiger partial charge in [-0.25, -0.2) is 4.98 Å². The average molecular weight is 248 g/mol.